The third-order valence-electron chi connectivity index (χ3n) is 4.91. The van der Waals surface area contributed by atoms with Gasteiger partial charge in [0, 0.05) is 19.6 Å². The monoisotopic (exact) mass is 384 g/mol. The molecule has 1 aliphatic heterocycles. The fourth-order valence-corrected chi connectivity index (χ4v) is 4.76. The van der Waals surface area contributed by atoms with Crippen LogP contribution in [0.5, 0.6) is 0 Å². The minimum absolute atomic E-state index is 0.358. The number of sulfonamides is 1. The lowest BCUT2D eigenvalue weighted by atomic mass is 10.1. The Morgan fingerprint density at radius 1 is 0.889 bits per heavy atom. The molecular formula is C22H28N2O2S. The molecule has 1 aliphatic rings. The van der Waals surface area contributed by atoms with Crippen LogP contribution >= 0.6 is 0 Å². The Hall–Kier alpha value is -1.95. The van der Waals surface area contributed by atoms with Crippen molar-refractivity contribution in [1.82, 2.24) is 9.21 Å². The minimum Gasteiger partial charge on any atom is -0.302 e. The normalized spacial score (nSPS) is 16.2. The molecule has 0 saturated carbocycles. The first-order valence-electron chi connectivity index (χ1n) is 9.65. The molecule has 0 spiro atoms. The van der Waals surface area contributed by atoms with Crippen LogP contribution in [0.4, 0.5) is 0 Å². The highest BCUT2D eigenvalue weighted by Gasteiger charge is 2.24. The number of hydrogen-bond acceptors (Lipinski definition) is 3. The topological polar surface area (TPSA) is 40.6 Å². The van der Waals surface area contributed by atoms with Crippen LogP contribution in [-0.2, 0) is 10.0 Å². The van der Waals surface area contributed by atoms with Gasteiger partial charge >= 0.3 is 0 Å². The quantitative estimate of drug-likeness (QED) is 0.694. The molecule has 0 N–H and O–H groups in total. The number of benzene rings is 2. The predicted octanol–water partition coefficient (Wildman–Crippen LogP) is 3.88. The zero-order chi connectivity index (χ0) is 19.0. The van der Waals surface area contributed by atoms with E-state index in [4.69, 9.17) is 0 Å². The molecule has 2 aromatic rings. The van der Waals surface area contributed by atoms with Gasteiger partial charge in [0.15, 0.2) is 0 Å². The van der Waals surface area contributed by atoms with Crippen molar-refractivity contribution >= 4 is 16.1 Å². The van der Waals surface area contributed by atoms with Gasteiger partial charge in [-0.05, 0) is 43.6 Å². The van der Waals surface area contributed by atoms with Crippen molar-refractivity contribution in [3.8, 4) is 0 Å². The zero-order valence-electron chi connectivity index (χ0n) is 15.7. The van der Waals surface area contributed by atoms with Crippen molar-refractivity contribution in [2.24, 2.45) is 0 Å². The summed E-state index contributed by atoms with van der Waals surface area (Å²) < 4.78 is 27.8. The van der Waals surface area contributed by atoms with Crippen LogP contribution in [0.3, 0.4) is 0 Å². The summed E-state index contributed by atoms with van der Waals surface area (Å²) in [4.78, 5) is 2.73. The molecule has 27 heavy (non-hydrogen) atoms. The maximum atomic E-state index is 13.1. The van der Waals surface area contributed by atoms with Crippen molar-refractivity contribution in [2.45, 2.75) is 24.2 Å². The maximum Gasteiger partial charge on any atom is 0.243 e. The molecule has 0 amide bonds. The van der Waals surface area contributed by atoms with E-state index in [9.17, 15) is 8.42 Å². The average Bonchev–Trinajstić information content (AvgIpc) is 2.72. The Morgan fingerprint density at radius 2 is 1.52 bits per heavy atom. The van der Waals surface area contributed by atoms with E-state index in [1.807, 2.05) is 48.6 Å². The Kier molecular flexibility index (Phi) is 7.21. The number of nitrogens with zero attached hydrogens (tertiary/aromatic N) is 2. The third-order valence-corrected chi connectivity index (χ3v) is 6.79. The standard InChI is InChI=1S/C22H28N2O2S/c25-27(26,22-14-6-2-7-15-22)24(20-19-23-16-8-3-9-17-23)18-10-13-21-11-4-1-5-12-21/h1-2,4-7,10-15H,3,8-9,16-20H2/b13-10+. The second-order valence-electron chi connectivity index (χ2n) is 6.89. The maximum absolute atomic E-state index is 13.1. The van der Waals surface area contributed by atoms with E-state index in [1.165, 1.54) is 19.3 Å². The zero-order valence-corrected chi connectivity index (χ0v) is 16.5. The molecule has 4 nitrogen and oxygen atoms in total. The van der Waals surface area contributed by atoms with E-state index in [0.717, 1.165) is 25.2 Å². The van der Waals surface area contributed by atoms with Crippen molar-refractivity contribution < 1.29 is 8.42 Å². The van der Waals surface area contributed by atoms with Gasteiger partial charge in [-0.1, -0.05) is 67.1 Å². The van der Waals surface area contributed by atoms with E-state index in [-0.39, 0.29) is 0 Å². The van der Waals surface area contributed by atoms with Crippen LogP contribution in [0.1, 0.15) is 24.8 Å². The van der Waals surface area contributed by atoms with Crippen LogP contribution < -0.4 is 0 Å². The van der Waals surface area contributed by atoms with E-state index in [0.29, 0.717) is 18.0 Å². The summed E-state index contributed by atoms with van der Waals surface area (Å²) in [6.45, 7) is 3.81. The summed E-state index contributed by atoms with van der Waals surface area (Å²) in [5.41, 5.74) is 1.07. The number of hydrogen-bond donors (Lipinski definition) is 0. The molecule has 1 heterocycles. The molecule has 0 bridgehead atoms. The summed E-state index contributed by atoms with van der Waals surface area (Å²) in [5.74, 6) is 0. The van der Waals surface area contributed by atoms with Crippen LogP contribution in [0.2, 0.25) is 0 Å². The first-order chi connectivity index (χ1) is 13.2. The van der Waals surface area contributed by atoms with Crippen LogP contribution in [0, 0.1) is 0 Å². The van der Waals surface area contributed by atoms with Gasteiger partial charge in [0.1, 0.15) is 0 Å². The highest BCUT2D eigenvalue weighted by atomic mass is 32.2. The Balaban J connectivity index is 1.72. The van der Waals surface area contributed by atoms with Crippen LogP contribution in [-0.4, -0.2) is 50.3 Å². The molecule has 1 fully saturated rings. The van der Waals surface area contributed by atoms with Gasteiger partial charge in [-0.3, -0.25) is 0 Å². The Labute approximate surface area is 163 Å². The molecule has 1 saturated heterocycles. The van der Waals surface area contributed by atoms with Crippen molar-refractivity contribution in [1.29, 1.82) is 0 Å². The van der Waals surface area contributed by atoms with E-state index in [1.54, 1.807) is 28.6 Å². The van der Waals surface area contributed by atoms with Gasteiger partial charge in [-0.25, -0.2) is 8.42 Å². The first kappa shape index (κ1) is 19.8. The van der Waals surface area contributed by atoms with Crippen molar-refractivity contribution in [3.63, 3.8) is 0 Å². The molecule has 3 rings (SSSR count). The molecule has 0 aliphatic carbocycles. The molecule has 0 aromatic heterocycles. The second-order valence-corrected chi connectivity index (χ2v) is 8.83. The molecule has 144 valence electrons. The molecule has 0 unspecified atom stereocenters. The average molecular weight is 385 g/mol. The lowest BCUT2D eigenvalue weighted by Crippen LogP contribution is -2.40. The van der Waals surface area contributed by atoms with E-state index >= 15 is 0 Å². The molecule has 0 radical (unpaired) electrons. The van der Waals surface area contributed by atoms with Gasteiger partial charge in [0.2, 0.25) is 10.0 Å². The highest BCUT2D eigenvalue weighted by molar-refractivity contribution is 7.89. The largest absolute Gasteiger partial charge is 0.302 e. The highest BCUT2D eigenvalue weighted by Crippen LogP contribution is 2.16. The van der Waals surface area contributed by atoms with Crippen molar-refractivity contribution in [3.05, 3.63) is 72.3 Å². The number of rotatable bonds is 8. The minimum atomic E-state index is -3.50. The summed E-state index contributed by atoms with van der Waals surface area (Å²) in [6, 6.07) is 18.7. The van der Waals surface area contributed by atoms with E-state index in [2.05, 4.69) is 4.90 Å². The first-order valence-corrected chi connectivity index (χ1v) is 11.1. The summed E-state index contributed by atoms with van der Waals surface area (Å²) in [6.07, 6.45) is 7.61. The molecular weight excluding hydrogens is 356 g/mol. The lowest BCUT2D eigenvalue weighted by Gasteiger charge is -2.29. The Bertz CT molecular complexity index is 814. The summed E-state index contributed by atoms with van der Waals surface area (Å²) >= 11 is 0. The molecule has 2 aromatic carbocycles. The SMILES string of the molecule is O=S(=O)(c1ccccc1)N(C/C=C/c1ccccc1)CCN1CCCCC1. The van der Waals surface area contributed by atoms with Crippen molar-refractivity contribution in [2.75, 3.05) is 32.7 Å². The van der Waals surface area contributed by atoms with Gasteiger partial charge in [0.25, 0.3) is 0 Å². The van der Waals surface area contributed by atoms with Gasteiger partial charge < -0.3 is 4.90 Å². The lowest BCUT2D eigenvalue weighted by molar-refractivity contribution is 0.215. The molecule has 5 heteroatoms. The van der Waals surface area contributed by atoms with Crippen LogP contribution in [0.15, 0.2) is 71.6 Å². The molecule has 0 atom stereocenters. The fourth-order valence-electron chi connectivity index (χ4n) is 3.36. The summed E-state index contributed by atoms with van der Waals surface area (Å²) in [5, 5.41) is 0. The van der Waals surface area contributed by atoms with Crippen LogP contribution in [0.25, 0.3) is 6.08 Å². The predicted molar refractivity (Wildman–Crippen MR) is 111 cm³/mol. The third kappa shape index (κ3) is 5.76. The Morgan fingerprint density at radius 3 is 2.19 bits per heavy atom. The smallest absolute Gasteiger partial charge is 0.243 e. The second kappa shape index (κ2) is 9.83. The van der Waals surface area contributed by atoms with E-state index < -0.39 is 10.0 Å². The van der Waals surface area contributed by atoms with Gasteiger partial charge in [-0.15, -0.1) is 0 Å². The van der Waals surface area contributed by atoms with Gasteiger partial charge in [-0.2, -0.15) is 4.31 Å². The van der Waals surface area contributed by atoms with Gasteiger partial charge in [0.05, 0.1) is 4.90 Å². The number of likely N-dealkylation sites (tertiary alicyclic amines) is 1. The summed E-state index contributed by atoms with van der Waals surface area (Å²) in [7, 11) is -3.50. The number of piperidine rings is 1. The fraction of sp³-hybridized carbons (Fsp3) is 0.364.